The molecule has 342 valence electrons. The number of likely N-dealkylation sites (N-methyl/N-ethyl adjacent to an activating group) is 1. The predicted octanol–water partition coefficient (Wildman–Crippen LogP) is 13.3. The average molecular weight is 866 g/mol. The number of carbonyl (C=O) groups excluding carboxylic acids is 2. The molecular formula is C51H80NO8P. The Labute approximate surface area is 370 Å². The molecule has 0 saturated heterocycles. The highest BCUT2D eigenvalue weighted by molar-refractivity contribution is 7.47. The zero-order chi connectivity index (χ0) is 44.8. The molecule has 0 aromatic carbocycles. The van der Waals surface area contributed by atoms with Crippen LogP contribution in [0.25, 0.3) is 0 Å². The first kappa shape index (κ1) is 57.1. The summed E-state index contributed by atoms with van der Waals surface area (Å²) < 4.78 is 33.3. The minimum absolute atomic E-state index is 0.0257. The fraction of sp³-hybridized carbons (Fsp3) is 0.529. The van der Waals surface area contributed by atoms with Gasteiger partial charge in [-0.2, -0.15) is 0 Å². The second-order valence-corrected chi connectivity index (χ2v) is 15.9. The van der Waals surface area contributed by atoms with Crippen molar-refractivity contribution < 1.29 is 37.6 Å². The Morgan fingerprint density at radius 3 is 1.33 bits per heavy atom. The van der Waals surface area contributed by atoms with Crippen LogP contribution in [0.3, 0.4) is 0 Å². The molecule has 0 saturated carbocycles. The lowest BCUT2D eigenvalue weighted by molar-refractivity contribution is -0.161. The van der Waals surface area contributed by atoms with E-state index in [0.717, 1.165) is 64.2 Å². The van der Waals surface area contributed by atoms with E-state index in [9.17, 15) is 19.0 Å². The number of phosphoric acid groups is 1. The first-order valence-electron chi connectivity index (χ1n) is 22.5. The van der Waals surface area contributed by atoms with Crippen molar-refractivity contribution in [3.63, 3.8) is 0 Å². The highest BCUT2D eigenvalue weighted by atomic mass is 31.2. The van der Waals surface area contributed by atoms with E-state index < -0.39 is 32.5 Å². The van der Waals surface area contributed by atoms with Crippen molar-refractivity contribution in [1.82, 2.24) is 4.90 Å². The van der Waals surface area contributed by atoms with E-state index in [1.165, 1.54) is 25.7 Å². The Hall–Kier alpha value is -3.85. The Kier molecular flexibility index (Phi) is 41.4. The van der Waals surface area contributed by atoms with Gasteiger partial charge in [0.1, 0.15) is 6.61 Å². The molecule has 0 heterocycles. The number of nitrogens with zero attached hydrogens (tertiary/aromatic N) is 1. The van der Waals surface area contributed by atoms with Crippen LogP contribution < -0.4 is 0 Å². The van der Waals surface area contributed by atoms with Crippen molar-refractivity contribution in [2.75, 3.05) is 40.5 Å². The van der Waals surface area contributed by atoms with E-state index in [1.54, 1.807) is 19.0 Å². The van der Waals surface area contributed by atoms with Crippen molar-refractivity contribution in [3.05, 3.63) is 134 Å². The lowest BCUT2D eigenvalue weighted by Gasteiger charge is -2.20. The van der Waals surface area contributed by atoms with Gasteiger partial charge in [0, 0.05) is 19.4 Å². The zero-order valence-electron chi connectivity index (χ0n) is 38.0. The molecule has 10 heteroatoms. The molecule has 0 aromatic heterocycles. The molecule has 61 heavy (non-hydrogen) atoms. The van der Waals surface area contributed by atoms with Crippen molar-refractivity contribution in [3.8, 4) is 0 Å². The molecule has 0 aliphatic carbocycles. The summed E-state index contributed by atoms with van der Waals surface area (Å²) >= 11 is 0. The van der Waals surface area contributed by atoms with Gasteiger partial charge in [0.2, 0.25) is 0 Å². The standard InChI is InChI=1S/C51H80NO8P/c1-5-7-9-11-13-15-17-19-21-23-25-27-29-31-33-35-37-39-41-43-50(53)57-47-49(48-59-61(55,56)58-46-45-52(3)4)60-51(54)44-42-40-38-36-34-32-30-28-26-24-22-20-18-16-14-12-10-8-6-2/h8,10,13-16,19-22,25-28,31-34,37-40,49H,5-7,9,11-12,17-18,23-24,29-30,35-36,41-48H2,1-4H3,(H,55,56)/b10-8-,15-13-,16-14-,21-19-,22-20-,27-25-,28-26-,33-31-,34-32-,39-37-,40-38-. The fourth-order valence-corrected chi connectivity index (χ4v) is 5.79. The summed E-state index contributed by atoms with van der Waals surface area (Å²) in [6.07, 6.45) is 61.0. The summed E-state index contributed by atoms with van der Waals surface area (Å²) in [4.78, 5) is 37.0. The largest absolute Gasteiger partial charge is 0.472 e. The molecule has 1 N–H and O–H groups in total. The van der Waals surface area contributed by atoms with E-state index in [2.05, 4.69) is 123 Å². The molecule has 0 fully saturated rings. The van der Waals surface area contributed by atoms with Gasteiger partial charge in [-0.1, -0.05) is 160 Å². The number of hydrogen-bond acceptors (Lipinski definition) is 8. The Bertz CT molecular complexity index is 1460. The third kappa shape index (κ3) is 45.5. The zero-order valence-corrected chi connectivity index (χ0v) is 38.9. The highest BCUT2D eigenvalue weighted by Gasteiger charge is 2.26. The van der Waals surface area contributed by atoms with Crippen LogP contribution in [-0.4, -0.2) is 68.3 Å². The Morgan fingerprint density at radius 2 is 0.918 bits per heavy atom. The fourth-order valence-electron chi connectivity index (χ4n) is 5.05. The minimum Gasteiger partial charge on any atom is -0.462 e. The van der Waals surface area contributed by atoms with E-state index in [4.69, 9.17) is 18.5 Å². The molecule has 0 spiro atoms. The number of ether oxygens (including phenoxy) is 2. The maximum absolute atomic E-state index is 12.6. The van der Waals surface area contributed by atoms with Gasteiger partial charge in [0.15, 0.2) is 6.10 Å². The lowest BCUT2D eigenvalue weighted by atomic mass is 10.2. The van der Waals surface area contributed by atoms with Gasteiger partial charge in [-0.25, -0.2) is 4.57 Å². The molecule has 0 aliphatic rings. The molecular weight excluding hydrogens is 786 g/mol. The summed E-state index contributed by atoms with van der Waals surface area (Å²) in [5.74, 6) is -1.01. The highest BCUT2D eigenvalue weighted by Crippen LogP contribution is 2.43. The third-order valence-corrected chi connectivity index (χ3v) is 9.45. The van der Waals surface area contributed by atoms with E-state index in [0.29, 0.717) is 19.4 Å². The van der Waals surface area contributed by atoms with Crippen LogP contribution in [0.5, 0.6) is 0 Å². The SMILES string of the molecule is CC/C=C\C/C=C\C/C=C\C/C=C\C/C=C\C/C=C\CCC(=O)OC(COC(=O)CC/C=C\C/C=C\C/C=C\C/C=C\C/C=C\CCCCC)COP(=O)(O)OCCN(C)C. The smallest absolute Gasteiger partial charge is 0.462 e. The van der Waals surface area contributed by atoms with Gasteiger partial charge in [-0.05, 0) is 104 Å². The number of rotatable bonds is 39. The third-order valence-electron chi connectivity index (χ3n) is 8.47. The van der Waals surface area contributed by atoms with Gasteiger partial charge in [-0.3, -0.25) is 18.6 Å². The number of esters is 2. The van der Waals surface area contributed by atoms with Crippen molar-refractivity contribution in [2.45, 2.75) is 136 Å². The van der Waals surface area contributed by atoms with Gasteiger partial charge in [0.05, 0.1) is 13.2 Å². The minimum atomic E-state index is -4.41. The quantitative estimate of drug-likeness (QED) is 0.0279. The summed E-state index contributed by atoms with van der Waals surface area (Å²) in [5.41, 5.74) is 0. The van der Waals surface area contributed by atoms with Crippen molar-refractivity contribution in [1.29, 1.82) is 0 Å². The van der Waals surface area contributed by atoms with Crippen LogP contribution >= 0.6 is 7.82 Å². The normalized spacial score (nSPS) is 14.6. The van der Waals surface area contributed by atoms with Crippen molar-refractivity contribution >= 4 is 19.8 Å². The maximum atomic E-state index is 12.6. The average Bonchev–Trinajstić information content (AvgIpc) is 3.23. The first-order chi connectivity index (χ1) is 29.7. The summed E-state index contributed by atoms with van der Waals surface area (Å²) in [6, 6.07) is 0. The van der Waals surface area contributed by atoms with Crippen LogP contribution in [0.1, 0.15) is 129 Å². The maximum Gasteiger partial charge on any atom is 0.472 e. The van der Waals surface area contributed by atoms with Crippen LogP contribution in [0.4, 0.5) is 0 Å². The van der Waals surface area contributed by atoms with Gasteiger partial charge < -0.3 is 19.3 Å². The lowest BCUT2D eigenvalue weighted by Crippen LogP contribution is -2.29. The second kappa shape index (κ2) is 44.2. The van der Waals surface area contributed by atoms with Crippen LogP contribution in [0, 0.1) is 0 Å². The molecule has 2 unspecified atom stereocenters. The predicted molar refractivity (Wildman–Crippen MR) is 256 cm³/mol. The molecule has 0 bridgehead atoms. The summed E-state index contributed by atoms with van der Waals surface area (Å²) in [5, 5.41) is 0. The molecule has 0 aromatic rings. The van der Waals surface area contributed by atoms with Gasteiger partial charge in [0.25, 0.3) is 0 Å². The second-order valence-electron chi connectivity index (χ2n) is 14.5. The topological polar surface area (TPSA) is 112 Å². The van der Waals surface area contributed by atoms with Gasteiger partial charge in [-0.15, -0.1) is 0 Å². The monoisotopic (exact) mass is 866 g/mol. The Balaban J connectivity index is 4.55. The molecule has 9 nitrogen and oxygen atoms in total. The molecule has 0 aliphatic heterocycles. The number of carbonyl (C=O) groups is 2. The van der Waals surface area contributed by atoms with Crippen LogP contribution in [0.2, 0.25) is 0 Å². The summed E-state index contributed by atoms with van der Waals surface area (Å²) in [6.45, 7) is 3.97. The van der Waals surface area contributed by atoms with Crippen molar-refractivity contribution in [2.24, 2.45) is 0 Å². The van der Waals surface area contributed by atoms with Crippen LogP contribution in [0.15, 0.2) is 134 Å². The summed E-state index contributed by atoms with van der Waals surface area (Å²) in [7, 11) is -0.801. The molecule has 0 amide bonds. The number of unbranched alkanes of at least 4 members (excludes halogenated alkanes) is 3. The van der Waals surface area contributed by atoms with Crippen LogP contribution in [-0.2, 0) is 32.7 Å². The first-order valence-corrected chi connectivity index (χ1v) is 24.0. The molecule has 0 rings (SSSR count). The van der Waals surface area contributed by atoms with E-state index in [-0.39, 0.29) is 26.1 Å². The molecule has 0 radical (unpaired) electrons. The number of phosphoric ester groups is 1. The van der Waals surface area contributed by atoms with E-state index in [1.807, 2.05) is 24.3 Å². The number of hydrogen-bond donors (Lipinski definition) is 1. The van der Waals surface area contributed by atoms with Gasteiger partial charge >= 0.3 is 19.8 Å². The number of allylic oxidation sites excluding steroid dienone is 22. The van der Waals surface area contributed by atoms with E-state index >= 15 is 0 Å². The Morgan fingerprint density at radius 1 is 0.525 bits per heavy atom. The molecule has 2 atom stereocenters.